The molecule has 0 saturated carbocycles. The van der Waals surface area contributed by atoms with Gasteiger partial charge in [-0.2, -0.15) is 0 Å². The average Bonchev–Trinajstić information content (AvgIpc) is 3.43. The van der Waals surface area contributed by atoms with Crippen molar-refractivity contribution in [3.63, 3.8) is 0 Å². The number of pyridine rings is 1. The van der Waals surface area contributed by atoms with Gasteiger partial charge >= 0.3 is 0 Å². The van der Waals surface area contributed by atoms with Crippen LogP contribution in [0, 0.1) is 6.92 Å². The third-order valence-electron chi connectivity index (χ3n) is 5.06. The smallest absolute Gasteiger partial charge is 0.230 e. The van der Waals surface area contributed by atoms with Gasteiger partial charge in [0.25, 0.3) is 0 Å². The van der Waals surface area contributed by atoms with Gasteiger partial charge in [-0.15, -0.1) is 0 Å². The highest BCUT2D eigenvalue weighted by Gasteiger charge is 2.11. The molecule has 3 aromatic heterocycles. The number of aromatic nitrogens is 3. The van der Waals surface area contributed by atoms with Crippen molar-refractivity contribution in [1.82, 2.24) is 14.4 Å². The van der Waals surface area contributed by atoms with Crippen molar-refractivity contribution in [1.29, 1.82) is 0 Å². The highest BCUT2D eigenvalue weighted by Crippen LogP contribution is 2.23. The number of rotatable bonds is 5. The van der Waals surface area contributed by atoms with E-state index in [0.717, 1.165) is 33.7 Å². The second-order valence-corrected chi connectivity index (χ2v) is 7.36. The lowest BCUT2D eigenvalue weighted by atomic mass is 10.1. The maximum atomic E-state index is 12.4. The lowest BCUT2D eigenvalue weighted by Gasteiger charge is -2.04. The maximum Gasteiger partial charge on any atom is 0.230 e. The summed E-state index contributed by atoms with van der Waals surface area (Å²) in [5.41, 5.74) is 6.15. The number of fused-ring (bicyclic) bond motifs is 1. The summed E-state index contributed by atoms with van der Waals surface area (Å²) in [5.74, 6) is 0.361. The quantitative estimate of drug-likeness (QED) is 0.437. The molecule has 152 valence electrons. The van der Waals surface area contributed by atoms with Crippen LogP contribution in [0.4, 0.5) is 5.69 Å². The van der Waals surface area contributed by atoms with E-state index in [-0.39, 0.29) is 12.3 Å². The van der Waals surface area contributed by atoms with E-state index in [2.05, 4.69) is 10.3 Å². The van der Waals surface area contributed by atoms with Crippen LogP contribution in [0.15, 0.2) is 89.8 Å². The van der Waals surface area contributed by atoms with Crippen molar-refractivity contribution in [3.8, 4) is 22.7 Å². The third-order valence-corrected chi connectivity index (χ3v) is 5.06. The summed E-state index contributed by atoms with van der Waals surface area (Å²) in [6.45, 7) is 2.04. The molecule has 2 aromatic carbocycles. The van der Waals surface area contributed by atoms with Gasteiger partial charge in [0.15, 0.2) is 0 Å². The van der Waals surface area contributed by atoms with Gasteiger partial charge in [0.2, 0.25) is 11.8 Å². The molecule has 0 aliphatic heterocycles. The van der Waals surface area contributed by atoms with Gasteiger partial charge in [-0.1, -0.05) is 36.4 Å². The van der Waals surface area contributed by atoms with Gasteiger partial charge in [-0.05, 0) is 42.8 Å². The highest BCUT2D eigenvalue weighted by atomic mass is 16.3. The van der Waals surface area contributed by atoms with Crippen molar-refractivity contribution < 1.29 is 9.21 Å². The van der Waals surface area contributed by atoms with Gasteiger partial charge in [0.1, 0.15) is 11.9 Å². The van der Waals surface area contributed by atoms with Crippen LogP contribution in [0.25, 0.3) is 28.4 Å². The first kappa shape index (κ1) is 18.8. The molecule has 0 bridgehead atoms. The van der Waals surface area contributed by atoms with Crippen LogP contribution in [0.1, 0.15) is 11.3 Å². The number of aryl methyl sites for hydroxylation is 1. The number of carbonyl (C=O) groups is 1. The van der Waals surface area contributed by atoms with E-state index in [1.54, 1.807) is 0 Å². The van der Waals surface area contributed by atoms with Gasteiger partial charge < -0.3 is 14.1 Å². The predicted molar refractivity (Wildman–Crippen MR) is 120 cm³/mol. The van der Waals surface area contributed by atoms with E-state index >= 15 is 0 Å². The molecule has 6 heteroatoms. The normalized spacial score (nSPS) is 11.0. The molecule has 0 unspecified atom stereocenters. The number of imidazole rings is 1. The van der Waals surface area contributed by atoms with Crippen molar-refractivity contribution in [3.05, 3.63) is 96.6 Å². The Morgan fingerprint density at radius 2 is 1.77 bits per heavy atom. The predicted octanol–water partition coefficient (Wildman–Crippen LogP) is 5.15. The largest absolute Gasteiger partial charge is 0.444 e. The zero-order chi connectivity index (χ0) is 21.2. The second kappa shape index (κ2) is 7.91. The summed E-state index contributed by atoms with van der Waals surface area (Å²) in [6, 6.07) is 21.3. The topological polar surface area (TPSA) is 72.4 Å². The molecule has 3 heterocycles. The number of amides is 1. The highest BCUT2D eigenvalue weighted by molar-refractivity contribution is 5.92. The molecule has 0 saturated heterocycles. The van der Waals surface area contributed by atoms with E-state index in [4.69, 9.17) is 9.40 Å². The fourth-order valence-electron chi connectivity index (χ4n) is 3.49. The fourth-order valence-corrected chi connectivity index (χ4v) is 3.49. The van der Waals surface area contributed by atoms with Gasteiger partial charge in [0, 0.05) is 29.2 Å². The van der Waals surface area contributed by atoms with E-state index in [0.29, 0.717) is 11.6 Å². The Bertz CT molecular complexity index is 1350. The van der Waals surface area contributed by atoms with Crippen LogP contribution in [0.3, 0.4) is 0 Å². The molecule has 0 aliphatic rings. The summed E-state index contributed by atoms with van der Waals surface area (Å²) >= 11 is 0. The molecule has 5 aromatic rings. The Hall–Kier alpha value is -4.19. The van der Waals surface area contributed by atoms with Crippen LogP contribution in [0.2, 0.25) is 0 Å². The Morgan fingerprint density at radius 3 is 2.55 bits per heavy atom. The average molecular weight is 408 g/mol. The van der Waals surface area contributed by atoms with Crippen LogP contribution >= 0.6 is 0 Å². The lowest BCUT2D eigenvalue weighted by molar-refractivity contribution is -0.115. The molecule has 0 fully saturated rings. The first-order valence-electron chi connectivity index (χ1n) is 10.0. The summed E-state index contributed by atoms with van der Waals surface area (Å²) in [5, 5.41) is 2.91. The number of nitrogens with zero attached hydrogens (tertiary/aromatic N) is 3. The Kier molecular flexibility index (Phi) is 4.80. The maximum absolute atomic E-state index is 12.4. The molecule has 0 radical (unpaired) electrons. The van der Waals surface area contributed by atoms with E-state index in [9.17, 15) is 4.79 Å². The van der Waals surface area contributed by atoms with Crippen LogP contribution in [-0.2, 0) is 11.2 Å². The summed E-state index contributed by atoms with van der Waals surface area (Å²) in [7, 11) is 0. The molecular formula is C25H20N4O2. The number of hydrogen-bond acceptors (Lipinski definition) is 4. The summed E-state index contributed by atoms with van der Waals surface area (Å²) < 4.78 is 7.52. The number of anilines is 1. The van der Waals surface area contributed by atoms with Gasteiger partial charge in [-0.25, -0.2) is 9.97 Å². The monoisotopic (exact) mass is 408 g/mol. The molecule has 0 aliphatic carbocycles. The Balaban J connectivity index is 1.26. The molecular weight excluding hydrogens is 388 g/mol. The van der Waals surface area contributed by atoms with Crippen molar-refractivity contribution in [2.75, 3.05) is 5.32 Å². The van der Waals surface area contributed by atoms with Gasteiger partial charge in [-0.3, -0.25) is 4.79 Å². The molecule has 5 rings (SSSR count). The molecule has 31 heavy (non-hydrogen) atoms. The number of nitrogens with one attached hydrogen (secondary N) is 1. The fraction of sp³-hybridized carbons (Fsp3) is 0.0800. The zero-order valence-corrected chi connectivity index (χ0v) is 16.9. The Morgan fingerprint density at radius 1 is 0.968 bits per heavy atom. The van der Waals surface area contributed by atoms with Crippen LogP contribution in [0.5, 0.6) is 0 Å². The minimum Gasteiger partial charge on any atom is -0.444 e. The van der Waals surface area contributed by atoms with Crippen molar-refractivity contribution in [2.24, 2.45) is 0 Å². The van der Waals surface area contributed by atoms with E-state index in [1.807, 2.05) is 90.4 Å². The number of carbonyl (C=O) groups excluding carboxylic acids is 1. The standard InChI is InChI=1S/C25H20N4O2/c1-17-6-5-13-29-15-22(28-24(17)29)18-9-11-20(12-10-18)26-23(30)14-21-16-31-25(27-21)19-7-3-2-4-8-19/h2-13,15-16H,14H2,1H3,(H,26,30). The Labute approximate surface area is 179 Å². The molecule has 1 amide bonds. The molecule has 1 N–H and O–H groups in total. The SMILES string of the molecule is Cc1cccn2cc(-c3ccc(NC(=O)Cc4coc(-c5ccccc5)n4)cc3)nc12. The second-order valence-electron chi connectivity index (χ2n) is 7.36. The minimum absolute atomic E-state index is 0.143. The molecule has 0 atom stereocenters. The summed E-state index contributed by atoms with van der Waals surface area (Å²) in [6.07, 6.45) is 5.66. The van der Waals surface area contributed by atoms with Gasteiger partial charge in [0.05, 0.1) is 17.8 Å². The first-order chi connectivity index (χ1) is 15.2. The van der Waals surface area contributed by atoms with Crippen molar-refractivity contribution in [2.45, 2.75) is 13.3 Å². The van der Waals surface area contributed by atoms with Crippen molar-refractivity contribution >= 4 is 17.2 Å². The molecule has 0 spiro atoms. The van der Waals surface area contributed by atoms with Crippen LogP contribution in [-0.4, -0.2) is 20.3 Å². The van der Waals surface area contributed by atoms with Crippen LogP contribution < -0.4 is 5.32 Å². The van der Waals surface area contributed by atoms with E-state index in [1.165, 1.54) is 6.26 Å². The van der Waals surface area contributed by atoms with E-state index < -0.39 is 0 Å². The summed E-state index contributed by atoms with van der Waals surface area (Å²) in [4.78, 5) is 21.5. The zero-order valence-electron chi connectivity index (χ0n) is 16.9. The first-order valence-corrected chi connectivity index (χ1v) is 10.0. The third kappa shape index (κ3) is 3.96. The number of benzene rings is 2. The molecule has 6 nitrogen and oxygen atoms in total. The number of oxazole rings is 1. The lowest BCUT2D eigenvalue weighted by Crippen LogP contribution is -2.14. The number of hydrogen-bond donors (Lipinski definition) is 1. The minimum atomic E-state index is -0.149.